The molecule has 0 aliphatic rings. The molecule has 84 valence electrons. The minimum Gasteiger partial charge on any atom is -0.376 e. The van der Waals surface area contributed by atoms with Gasteiger partial charge in [-0.1, -0.05) is 6.07 Å². The summed E-state index contributed by atoms with van der Waals surface area (Å²) < 4.78 is 0.607. The number of nitrogens with zero attached hydrogens (tertiary/aromatic N) is 1. The molecule has 16 heavy (non-hydrogen) atoms. The lowest BCUT2D eigenvalue weighted by Gasteiger charge is -2.15. The van der Waals surface area contributed by atoms with Gasteiger partial charge in [0.05, 0.1) is 15.7 Å². The maximum absolute atomic E-state index is 12.0. The zero-order valence-electron chi connectivity index (χ0n) is 9.47. The monoisotopic (exact) mass is 280 g/mol. The molecule has 4 heteroatoms. The van der Waals surface area contributed by atoms with Gasteiger partial charge in [-0.3, -0.25) is 4.79 Å². The molecule has 3 nitrogen and oxygen atoms in total. The van der Waals surface area contributed by atoms with Gasteiger partial charge in [0.2, 0.25) is 5.43 Å². The fraction of sp³-hybridized carbons (Fsp3) is 0.250. The van der Waals surface area contributed by atoms with Crippen molar-refractivity contribution in [3.8, 4) is 0 Å². The second kappa shape index (κ2) is 3.94. The number of aromatic amines is 1. The number of aryl methyl sites for hydroxylation is 1. The van der Waals surface area contributed by atoms with E-state index in [-0.39, 0.29) is 5.43 Å². The van der Waals surface area contributed by atoms with Gasteiger partial charge in [0, 0.05) is 25.2 Å². The first-order chi connectivity index (χ1) is 7.52. The molecule has 0 fully saturated rings. The predicted octanol–water partition coefficient (Wildman–Crippen LogP) is 2.67. The molecule has 2 rings (SSSR count). The van der Waals surface area contributed by atoms with Crippen LogP contribution in [-0.2, 0) is 0 Å². The molecule has 1 heterocycles. The number of benzene rings is 1. The van der Waals surface area contributed by atoms with Crippen LogP contribution < -0.4 is 10.3 Å². The fourth-order valence-corrected chi connectivity index (χ4v) is 2.08. The molecule has 1 N–H and O–H groups in total. The number of rotatable bonds is 1. The lowest BCUT2D eigenvalue weighted by molar-refractivity contribution is 1.12. The summed E-state index contributed by atoms with van der Waals surface area (Å²) in [6.07, 6.45) is 0. The predicted molar refractivity (Wildman–Crippen MR) is 71.3 cm³/mol. The molecule has 1 aromatic heterocycles. The van der Waals surface area contributed by atoms with Crippen LogP contribution in [0.25, 0.3) is 10.9 Å². The van der Waals surface area contributed by atoms with Crippen LogP contribution in [-0.4, -0.2) is 19.1 Å². The highest BCUT2D eigenvalue weighted by Crippen LogP contribution is 2.23. The Hall–Kier alpha value is -1.29. The van der Waals surface area contributed by atoms with E-state index in [9.17, 15) is 4.79 Å². The number of hydrogen-bond acceptors (Lipinski definition) is 2. The average Bonchev–Trinajstić information content (AvgIpc) is 2.25. The van der Waals surface area contributed by atoms with E-state index in [0.717, 1.165) is 16.9 Å². The topological polar surface area (TPSA) is 36.1 Å². The van der Waals surface area contributed by atoms with Gasteiger partial charge in [-0.25, -0.2) is 0 Å². The summed E-state index contributed by atoms with van der Waals surface area (Å²) in [5.74, 6) is 0. The molecule has 0 aliphatic carbocycles. The van der Waals surface area contributed by atoms with Crippen LogP contribution in [0, 0.1) is 6.92 Å². The van der Waals surface area contributed by atoms with E-state index >= 15 is 0 Å². The van der Waals surface area contributed by atoms with Crippen LogP contribution in [0.15, 0.2) is 27.5 Å². The molecule has 0 saturated carbocycles. The number of anilines is 1. The van der Waals surface area contributed by atoms with Crippen molar-refractivity contribution in [3.05, 3.63) is 38.6 Å². The number of para-hydroxylation sites is 1. The number of H-pyrrole nitrogens is 1. The summed E-state index contributed by atoms with van der Waals surface area (Å²) in [7, 11) is 3.93. The van der Waals surface area contributed by atoms with Crippen LogP contribution in [0.1, 0.15) is 5.69 Å². The van der Waals surface area contributed by atoms with Crippen LogP contribution in [0.3, 0.4) is 0 Å². The van der Waals surface area contributed by atoms with Crippen molar-refractivity contribution in [1.29, 1.82) is 0 Å². The molecular weight excluding hydrogens is 268 g/mol. The van der Waals surface area contributed by atoms with Crippen LogP contribution in [0.5, 0.6) is 0 Å². The van der Waals surface area contributed by atoms with E-state index in [1.165, 1.54) is 0 Å². The minimum absolute atomic E-state index is 0.0370. The maximum atomic E-state index is 12.0. The number of nitrogens with one attached hydrogen (secondary N) is 1. The van der Waals surface area contributed by atoms with E-state index in [1.54, 1.807) is 0 Å². The highest BCUT2D eigenvalue weighted by Gasteiger charge is 2.10. The molecule has 0 radical (unpaired) electrons. The van der Waals surface area contributed by atoms with E-state index in [1.807, 2.05) is 44.1 Å². The Morgan fingerprint density at radius 2 is 2.00 bits per heavy atom. The van der Waals surface area contributed by atoms with Gasteiger partial charge in [0.1, 0.15) is 0 Å². The van der Waals surface area contributed by atoms with Crippen molar-refractivity contribution in [2.45, 2.75) is 6.92 Å². The number of fused-ring (bicyclic) bond motifs is 1. The zero-order valence-corrected chi connectivity index (χ0v) is 11.1. The third-order valence-corrected chi connectivity index (χ3v) is 3.56. The smallest absolute Gasteiger partial charge is 0.203 e. The third-order valence-electron chi connectivity index (χ3n) is 2.61. The molecule has 0 unspecified atom stereocenters. The SMILES string of the molecule is Cc1[nH]c2c(N(C)C)cccc2c(=O)c1Br. The number of halogens is 1. The van der Waals surface area contributed by atoms with Gasteiger partial charge < -0.3 is 9.88 Å². The Balaban J connectivity index is 2.95. The van der Waals surface area contributed by atoms with E-state index < -0.39 is 0 Å². The standard InChI is InChI=1S/C12H13BrN2O/c1-7-10(13)12(16)8-5-4-6-9(15(2)3)11(8)14-7/h4-6H,1-3H3,(H,14,16). The lowest BCUT2D eigenvalue weighted by Crippen LogP contribution is -2.13. The summed E-state index contributed by atoms with van der Waals surface area (Å²) in [4.78, 5) is 17.3. The highest BCUT2D eigenvalue weighted by molar-refractivity contribution is 9.10. The molecular formula is C12H13BrN2O. The second-order valence-corrected chi connectivity index (χ2v) is 4.78. The van der Waals surface area contributed by atoms with Gasteiger partial charge in [-0.2, -0.15) is 0 Å². The molecule has 0 bridgehead atoms. The van der Waals surface area contributed by atoms with Crippen molar-refractivity contribution in [1.82, 2.24) is 4.98 Å². The molecule has 1 aromatic carbocycles. The number of pyridine rings is 1. The normalized spacial score (nSPS) is 10.8. The fourth-order valence-electron chi connectivity index (χ4n) is 1.76. The Morgan fingerprint density at radius 1 is 1.31 bits per heavy atom. The molecule has 0 spiro atoms. The van der Waals surface area contributed by atoms with Crippen molar-refractivity contribution >= 4 is 32.5 Å². The van der Waals surface area contributed by atoms with Gasteiger partial charge >= 0.3 is 0 Å². The Bertz CT molecular complexity index is 602. The van der Waals surface area contributed by atoms with E-state index in [4.69, 9.17) is 0 Å². The summed E-state index contributed by atoms with van der Waals surface area (Å²) in [5.41, 5.74) is 2.80. The van der Waals surface area contributed by atoms with Gasteiger partial charge in [0.25, 0.3) is 0 Å². The van der Waals surface area contributed by atoms with Gasteiger partial charge in [0.15, 0.2) is 0 Å². The quantitative estimate of drug-likeness (QED) is 0.872. The average molecular weight is 281 g/mol. The summed E-state index contributed by atoms with van der Waals surface area (Å²) in [6.45, 7) is 1.89. The highest BCUT2D eigenvalue weighted by atomic mass is 79.9. The summed E-state index contributed by atoms with van der Waals surface area (Å²) in [6, 6.07) is 5.73. The summed E-state index contributed by atoms with van der Waals surface area (Å²) in [5, 5.41) is 0.712. The number of hydrogen-bond donors (Lipinski definition) is 1. The first-order valence-corrected chi connectivity index (χ1v) is 5.80. The first-order valence-electron chi connectivity index (χ1n) is 5.01. The van der Waals surface area contributed by atoms with Crippen LogP contribution in [0.4, 0.5) is 5.69 Å². The Morgan fingerprint density at radius 3 is 2.62 bits per heavy atom. The Labute approximate surface area is 102 Å². The van der Waals surface area contributed by atoms with Crippen LogP contribution >= 0.6 is 15.9 Å². The van der Waals surface area contributed by atoms with Crippen molar-refractivity contribution in [2.24, 2.45) is 0 Å². The van der Waals surface area contributed by atoms with Crippen LogP contribution in [0.2, 0.25) is 0 Å². The molecule has 0 saturated heterocycles. The first kappa shape index (κ1) is 11.2. The summed E-state index contributed by atoms with van der Waals surface area (Å²) >= 11 is 3.30. The lowest BCUT2D eigenvalue weighted by atomic mass is 10.1. The largest absolute Gasteiger partial charge is 0.376 e. The van der Waals surface area contributed by atoms with Gasteiger partial charge in [-0.05, 0) is 35.0 Å². The van der Waals surface area contributed by atoms with Gasteiger partial charge in [-0.15, -0.1) is 0 Å². The van der Waals surface area contributed by atoms with Crippen molar-refractivity contribution in [3.63, 3.8) is 0 Å². The zero-order chi connectivity index (χ0) is 11.9. The Kier molecular flexibility index (Phi) is 2.76. The molecule has 0 atom stereocenters. The number of aromatic nitrogens is 1. The molecule has 2 aromatic rings. The van der Waals surface area contributed by atoms with Crippen molar-refractivity contribution < 1.29 is 0 Å². The second-order valence-electron chi connectivity index (χ2n) is 3.99. The maximum Gasteiger partial charge on any atom is 0.203 e. The third kappa shape index (κ3) is 1.63. The van der Waals surface area contributed by atoms with Crippen molar-refractivity contribution in [2.75, 3.05) is 19.0 Å². The van der Waals surface area contributed by atoms with E-state index in [2.05, 4.69) is 20.9 Å². The molecule has 0 aliphatic heterocycles. The van der Waals surface area contributed by atoms with E-state index in [0.29, 0.717) is 9.86 Å². The molecule has 0 amide bonds. The minimum atomic E-state index is 0.0370.